The lowest BCUT2D eigenvalue weighted by Crippen LogP contribution is -2.73. The molecule has 1 aliphatic rings. The first-order chi connectivity index (χ1) is 11.4. The molecule has 3 atom stereocenters. The maximum atomic E-state index is 12.8. The third-order valence-electron chi connectivity index (χ3n) is 4.06. The third kappa shape index (κ3) is 2.74. The summed E-state index contributed by atoms with van der Waals surface area (Å²) in [5.41, 5.74) is -1.54. The maximum Gasteiger partial charge on any atom is 0.334 e. The number of nitrogens with zero attached hydrogens (tertiary/aromatic N) is 1. The van der Waals surface area contributed by atoms with Crippen molar-refractivity contribution in [3.8, 4) is 6.07 Å². The first-order valence-electron chi connectivity index (χ1n) is 7.08. The van der Waals surface area contributed by atoms with Gasteiger partial charge in [-0.3, -0.25) is 9.59 Å². The first-order valence-corrected chi connectivity index (χ1v) is 7.49. The van der Waals surface area contributed by atoms with Crippen molar-refractivity contribution in [2.24, 2.45) is 11.8 Å². The molecule has 2 rings (SSSR count). The third-order valence-corrected chi connectivity index (χ3v) is 4.27. The molecule has 1 saturated heterocycles. The molecular formula is C16H15N3O4S. The minimum Gasteiger partial charge on any atom is -0.467 e. The van der Waals surface area contributed by atoms with Crippen molar-refractivity contribution < 1.29 is 19.1 Å². The van der Waals surface area contributed by atoms with Crippen molar-refractivity contribution in [1.29, 1.82) is 5.26 Å². The molecule has 8 heteroatoms. The number of nitrogens with one attached hydrogen (secondary N) is 2. The number of benzene rings is 1. The topological polar surface area (TPSA) is 108 Å². The molecule has 24 heavy (non-hydrogen) atoms. The smallest absolute Gasteiger partial charge is 0.334 e. The number of nitriles is 1. The number of carbonyl (C=O) groups is 3. The molecule has 0 bridgehead atoms. The molecule has 1 amide bonds. The van der Waals surface area contributed by atoms with E-state index >= 15 is 0 Å². The van der Waals surface area contributed by atoms with Crippen molar-refractivity contribution in [3.63, 3.8) is 0 Å². The average Bonchev–Trinajstić information content (AvgIpc) is 2.59. The van der Waals surface area contributed by atoms with Crippen molar-refractivity contribution in [2.75, 3.05) is 7.11 Å². The molecule has 1 fully saturated rings. The molecule has 1 heterocycles. The highest BCUT2D eigenvalue weighted by Crippen LogP contribution is 2.33. The Morgan fingerprint density at radius 3 is 2.54 bits per heavy atom. The number of hydrogen-bond donors (Lipinski definition) is 2. The molecule has 1 aliphatic heterocycles. The Hall–Kier alpha value is -2.79. The Balaban J connectivity index is 2.57. The molecular weight excluding hydrogens is 330 g/mol. The van der Waals surface area contributed by atoms with Gasteiger partial charge in [-0.1, -0.05) is 37.3 Å². The fourth-order valence-electron chi connectivity index (χ4n) is 2.77. The number of hydrogen-bond acceptors (Lipinski definition) is 6. The molecule has 0 spiro atoms. The second kappa shape index (κ2) is 6.76. The Labute approximate surface area is 144 Å². The van der Waals surface area contributed by atoms with Gasteiger partial charge in [0, 0.05) is 5.56 Å². The number of ketones is 1. The minimum absolute atomic E-state index is 0.135. The van der Waals surface area contributed by atoms with Crippen LogP contribution in [-0.2, 0) is 14.3 Å². The molecule has 0 aromatic heterocycles. The summed E-state index contributed by atoms with van der Waals surface area (Å²) in [6.45, 7) is 1.46. The zero-order valence-electron chi connectivity index (χ0n) is 13.0. The average molecular weight is 345 g/mol. The van der Waals surface area contributed by atoms with Gasteiger partial charge in [-0.15, -0.1) is 0 Å². The van der Waals surface area contributed by atoms with Crippen LogP contribution in [0, 0.1) is 23.2 Å². The molecule has 2 N–H and O–H groups in total. The van der Waals surface area contributed by atoms with Crippen molar-refractivity contribution in [3.05, 3.63) is 35.9 Å². The Bertz CT molecular complexity index is 743. The molecule has 0 radical (unpaired) electrons. The van der Waals surface area contributed by atoms with E-state index in [1.54, 1.807) is 36.4 Å². The summed E-state index contributed by atoms with van der Waals surface area (Å²) in [6, 6.07) is 10.1. The van der Waals surface area contributed by atoms with Crippen LogP contribution in [0.5, 0.6) is 0 Å². The van der Waals surface area contributed by atoms with Crippen molar-refractivity contribution in [1.82, 2.24) is 10.6 Å². The molecule has 0 aliphatic carbocycles. The van der Waals surface area contributed by atoms with Gasteiger partial charge in [-0.05, 0) is 12.2 Å². The van der Waals surface area contributed by atoms with Gasteiger partial charge in [-0.25, -0.2) is 4.79 Å². The molecule has 7 nitrogen and oxygen atoms in total. The lowest BCUT2D eigenvalue weighted by atomic mass is 9.70. The Morgan fingerprint density at radius 1 is 1.38 bits per heavy atom. The molecule has 1 aromatic carbocycles. The van der Waals surface area contributed by atoms with Crippen molar-refractivity contribution in [2.45, 2.75) is 12.5 Å². The van der Waals surface area contributed by atoms with Crippen LogP contribution in [0.15, 0.2) is 30.3 Å². The fraction of sp³-hybridized carbons (Fsp3) is 0.312. The summed E-state index contributed by atoms with van der Waals surface area (Å²) in [5, 5.41) is 14.2. The number of thiocarbonyl (C=S) groups is 1. The highest BCUT2D eigenvalue weighted by molar-refractivity contribution is 7.80. The van der Waals surface area contributed by atoms with E-state index in [-0.39, 0.29) is 5.11 Å². The predicted molar refractivity (Wildman–Crippen MR) is 87.7 cm³/mol. The van der Waals surface area contributed by atoms with E-state index in [0.29, 0.717) is 5.56 Å². The lowest BCUT2D eigenvalue weighted by Gasteiger charge is -2.42. The summed E-state index contributed by atoms with van der Waals surface area (Å²) < 4.78 is 4.78. The van der Waals surface area contributed by atoms with Crippen LogP contribution < -0.4 is 10.6 Å². The van der Waals surface area contributed by atoms with Gasteiger partial charge >= 0.3 is 5.97 Å². The number of ether oxygens (including phenoxy) is 1. The standard InChI is InChI=1S/C16H15N3O4S/c1-9(12(20)10-6-4-3-5-7-10)16(14(22)23-2)11(8-17)13(21)18-15(24)19-16/h3-7,9,11H,1-2H3,(H2,18,19,21,24)/t9-,11-,16-/m1/s1. The second-order valence-corrected chi connectivity index (χ2v) is 5.73. The SMILES string of the molecule is COC(=O)[C@]1([C@H](C)C(=O)c2ccccc2)NC(=S)NC(=O)[C@H]1C#N. The van der Waals surface area contributed by atoms with E-state index in [1.807, 2.05) is 0 Å². The van der Waals surface area contributed by atoms with Crippen LogP contribution in [0.3, 0.4) is 0 Å². The summed E-state index contributed by atoms with van der Waals surface area (Å²) in [6.07, 6.45) is 0. The maximum absolute atomic E-state index is 12.8. The second-order valence-electron chi connectivity index (χ2n) is 5.32. The molecule has 1 aromatic rings. The van der Waals surface area contributed by atoms with Gasteiger partial charge in [0.05, 0.1) is 19.1 Å². The van der Waals surface area contributed by atoms with Crippen molar-refractivity contribution >= 4 is 35.0 Å². The van der Waals surface area contributed by atoms with E-state index < -0.39 is 35.0 Å². The largest absolute Gasteiger partial charge is 0.467 e. The minimum atomic E-state index is -1.89. The van der Waals surface area contributed by atoms with Crippen LogP contribution in [0.2, 0.25) is 0 Å². The van der Waals surface area contributed by atoms with Gasteiger partial charge in [0.2, 0.25) is 5.91 Å². The normalized spacial score (nSPS) is 24.1. The summed E-state index contributed by atoms with van der Waals surface area (Å²) in [4.78, 5) is 37.5. The number of rotatable bonds is 4. The van der Waals surface area contributed by atoms with Gasteiger partial charge < -0.3 is 15.4 Å². The summed E-state index contributed by atoms with van der Waals surface area (Å²) >= 11 is 4.95. The highest BCUT2D eigenvalue weighted by Gasteiger charge is 2.59. The van der Waals surface area contributed by atoms with Crippen LogP contribution in [-0.4, -0.2) is 35.4 Å². The first kappa shape index (κ1) is 17.6. The summed E-state index contributed by atoms with van der Waals surface area (Å²) in [7, 11) is 1.12. The highest BCUT2D eigenvalue weighted by atomic mass is 32.1. The number of amides is 1. The molecule has 0 unspecified atom stereocenters. The quantitative estimate of drug-likeness (QED) is 0.466. The van der Waals surface area contributed by atoms with Crippen LogP contribution in [0.25, 0.3) is 0 Å². The van der Waals surface area contributed by atoms with E-state index in [0.717, 1.165) is 7.11 Å². The monoisotopic (exact) mass is 345 g/mol. The van der Waals surface area contributed by atoms with Gasteiger partial charge in [0.15, 0.2) is 22.4 Å². The zero-order chi connectivity index (χ0) is 17.9. The van der Waals surface area contributed by atoms with E-state index in [4.69, 9.17) is 17.0 Å². The molecule has 124 valence electrons. The lowest BCUT2D eigenvalue weighted by molar-refractivity contribution is -0.154. The predicted octanol–water partition coefficient (Wildman–Crippen LogP) is 0.561. The number of Topliss-reactive ketones (excluding diaryl/α,β-unsaturated/α-hetero) is 1. The van der Waals surface area contributed by atoms with E-state index in [9.17, 15) is 19.6 Å². The van der Waals surface area contributed by atoms with E-state index in [2.05, 4.69) is 10.6 Å². The van der Waals surface area contributed by atoms with Gasteiger partial charge in [-0.2, -0.15) is 5.26 Å². The number of carbonyl (C=O) groups excluding carboxylic acids is 3. The van der Waals surface area contributed by atoms with Crippen LogP contribution >= 0.6 is 12.2 Å². The van der Waals surface area contributed by atoms with Gasteiger partial charge in [0.1, 0.15) is 0 Å². The van der Waals surface area contributed by atoms with Crippen LogP contribution in [0.4, 0.5) is 0 Å². The number of esters is 1. The zero-order valence-corrected chi connectivity index (χ0v) is 13.8. The fourth-order valence-corrected chi connectivity index (χ4v) is 3.04. The van der Waals surface area contributed by atoms with E-state index in [1.165, 1.54) is 6.92 Å². The number of methoxy groups -OCH3 is 1. The Morgan fingerprint density at radius 2 is 2.00 bits per heavy atom. The summed E-state index contributed by atoms with van der Waals surface area (Å²) in [5.74, 6) is -4.60. The van der Waals surface area contributed by atoms with Gasteiger partial charge in [0.25, 0.3) is 0 Å². The Kier molecular flexibility index (Phi) is 4.95. The van der Waals surface area contributed by atoms with Crippen LogP contribution in [0.1, 0.15) is 17.3 Å². The molecule has 0 saturated carbocycles.